The van der Waals surface area contributed by atoms with Gasteiger partial charge in [0.2, 0.25) is 0 Å². The van der Waals surface area contributed by atoms with Gasteiger partial charge in [0.25, 0.3) is 5.82 Å². The zero-order chi connectivity index (χ0) is 14.8. The van der Waals surface area contributed by atoms with Gasteiger partial charge in [0.15, 0.2) is 6.10 Å². The van der Waals surface area contributed by atoms with Crippen LogP contribution in [0.5, 0.6) is 0 Å². The number of nitrogens with one attached hydrogen (secondary N) is 1. The van der Waals surface area contributed by atoms with Gasteiger partial charge in [-0.25, -0.2) is 9.55 Å². The van der Waals surface area contributed by atoms with E-state index in [1.54, 1.807) is 0 Å². The third-order valence-corrected chi connectivity index (χ3v) is 3.59. The SMILES string of the molecule is CCCCCCCCCC(=O)OC(C)c1[nH]cc[n+]1C. The molecule has 0 aromatic carbocycles. The quantitative estimate of drug-likeness (QED) is 0.405. The Labute approximate surface area is 122 Å². The van der Waals surface area contributed by atoms with Gasteiger partial charge in [0.1, 0.15) is 12.4 Å². The van der Waals surface area contributed by atoms with Gasteiger partial charge in [-0.1, -0.05) is 45.4 Å². The van der Waals surface area contributed by atoms with Gasteiger partial charge in [-0.05, 0) is 13.3 Å². The molecule has 0 aliphatic rings. The molecule has 114 valence electrons. The van der Waals surface area contributed by atoms with Gasteiger partial charge >= 0.3 is 5.97 Å². The number of aromatic amines is 1. The number of carbonyl (C=O) groups excluding carboxylic acids is 1. The number of nitrogens with zero attached hydrogens (tertiary/aromatic N) is 1. The molecule has 0 spiro atoms. The average Bonchev–Trinajstić information content (AvgIpc) is 2.84. The Bertz CT molecular complexity index is 388. The zero-order valence-corrected chi connectivity index (χ0v) is 13.2. The van der Waals surface area contributed by atoms with Crippen molar-refractivity contribution >= 4 is 5.97 Å². The van der Waals surface area contributed by atoms with E-state index in [-0.39, 0.29) is 12.1 Å². The summed E-state index contributed by atoms with van der Waals surface area (Å²) in [6.45, 7) is 4.12. The number of rotatable bonds is 10. The van der Waals surface area contributed by atoms with E-state index in [9.17, 15) is 4.79 Å². The van der Waals surface area contributed by atoms with E-state index in [1.807, 2.05) is 30.9 Å². The van der Waals surface area contributed by atoms with Crippen LogP contribution in [0.4, 0.5) is 0 Å². The molecule has 0 saturated carbocycles. The molecule has 1 unspecified atom stereocenters. The van der Waals surface area contributed by atoms with Gasteiger partial charge in [-0.15, -0.1) is 0 Å². The number of aromatic nitrogens is 2. The lowest BCUT2D eigenvalue weighted by molar-refractivity contribution is -0.681. The first-order chi connectivity index (χ1) is 9.65. The van der Waals surface area contributed by atoms with Crippen LogP contribution >= 0.6 is 0 Å². The summed E-state index contributed by atoms with van der Waals surface area (Å²) in [7, 11) is 1.94. The average molecular weight is 281 g/mol. The van der Waals surface area contributed by atoms with Crippen LogP contribution in [0.15, 0.2) is 12.4 Å². The minimum Gasteiger partial charge on any atom is -0.450 e. The molecule has 0 fully saturated rings. The maximum absolute atomic E-state index is 11.7. The monoisotopic (exact) mass is 281 g/mol. The first-order valence-electron chi connectivity index (χ1n) is 7.87. The van der Waals surface area contributed by atoms with Crippen molar-refractivity contribution in [3.05, 3.63) is 18.2 Å². The van der Waals surface area contributed by atoms with Gasteiger partial charge in [-0.2, -0.15) is 0 Å². The Kier molecular flexibility index (Phi) is 8.00. The Morgan fingerprint density at radius 2 is 1.90 bits per heavy atom. The summed E-state index contributed by atoms with van der Waals surface area (Å²) < 4.78 is 7.37. The minimum atomic E-state index is -0.216. The summed E-state index contributed by atoms with van der Waals surface area (Å²) in [4.78, 5) is 14.8. The molecule has 0 saturated heterocycles. The van der Waals surface area contributed by atoms with E-state index >= 15 is 0 Å². The summed E-state index contributed by atoms with van der Waals surface area (Å²) in [5.41, 5.74) is 0. The van der Waals surface area contributed by atoms with Crippen molar-refractivity contribution in [3.63, 3.8) is 0 Å². The number of hydrogen-bond acceptors (Lipinski definition) is 2. The number of H-pyrrole nitrogens is 1. The van der Waals surface area contributed by atoms with E-state index in [0.717, 1.165) is 18.7 Å². The fourth-order valence-electron chi connectivity index (χ4n) is 2.36. The van der Waals surface area contributed by atoms with Gasteiger partial charge in [-0.3, -0.25) is 4.79 Å². The molecule has 20 heavy (non-hydrogen) atoms. The normalized spacial score (nSPS) is 12.3. The van der Waals surface area contributed by atoms with Crippen molar-refractivity contribution in [3.8, 4) is 0 Å². The van der Waals surface area contributed by atoms with E-state index in [4.69, 9.17) is 4.74 Å². The van der Waals surface area contributed by atoms with Crippen molar-refractivity contribution < 1.29 is 14.1 Å². The molecule has 1 rings (SSSR count). The van der Waals surface area contributed by atoms with Crippen LogP contribution in [0.25, 0.3) is 0 Å². The third-order valence-electron chi connectivity index (χ3n) is 3.59. The molecule has 0 amide bonds. The highest BCUT2D eigenvalue weighted by molar-refractivity contribution is 5.69. The first-order valence-corrected chi connectivity index (χ1v) is 7.87. The second kappa shape index (κ2) is 9.56. The molecule has 1 aromatic rings. The fourth-order valence-corrected chi connectivity index (χ4v) is 2.36. The summed E-state index contributed by atoms with van der Waals surface area (Å²) in [6, 6.07) is 0. The van der Waals surface area contributed by atoms with Crippen molar-refractivity contribution in [1.82, 2.24) is 4.98 Å². The molecule has 4 heteroatoms. The number of hydrogen-bond donors (Lipinski definition) is 1. The zero-order valence-electron chi connectivity index (χ0n) is 13.2. The lowest BCUT2D eigenvalue weighted by atomic mass is 10.1. The van der Waals surface area contributed by atoms with Crippen molar-refractivity contribution in [2.75, 3.05) is 0 Å². The predicted octanol–water partition coefficient (Wildman–Crippen LogP) is 3.58. The number of esters is 1. The Hall–Kier alpha value is -1.32. The van der Waals surface area contributed by atoms with Crippen LogP contribution in [-0.2, 0) is 16.6 Å². The molecule has 1 heterocycles. The smallest absolute Gasteiger partial charge is 0.306 e. The Morgan fingerprint density at radius 1 is 1.25 bits per heavy atom. The second-order valence-corrected chi connectivity index (χ2v) is 5.46. The summed E-state index contributed by atoms with van der Waals surface area (Å²) >= 11 is 0. The van der Waals surface area contributed by atoms with Crippen molar-refractivity contribution in [2.24, 2.45) is 7.05 Å². The molecule has 1 N–H and O–H groups in total. The molecule has 4 nitrogen and oxygen atoms in total. The minimum absolute atomic E-state index is 0.0966. The first kappa shape index (κ1) is 16.7. The highest BCUT2D eigenvalue weighted by atomic mass is 16.5. The van der Waals surface area contributed by atoms with Crippen LogP contribution in [0.2, 0.25) is 0 Å². The highest BCUT2D eigenvalue weighted by Gasteiger charge is 2.20. The Morgan fingerprint density at radius 3 is 2.50 bits per heavy atom. The molecular weight excluding hydrogens is 252 g/mol. The number of ether oxygens (including phenoxy) is 1. The fraction of sp³-hybridized carbons (Fsp3) is 0.750. The third kappa shape index (κ3) is 6.22. The largest absolute Gasteiger partial charge is 0.450 e. The van der Waals surface area contributed by atoms with Crippen LogP contribution in [-0.4, -0.2) is 11.0 Å². The molecule has 1 aromatic heterocycles. The highest BCUT2D eigenvalue weighted by Crippen LogP contribution is 2.13. The maximum atomic E-state index is 11.7. The molecule has 0 radical (unpaired) electrons. The summed E-state index contributed by atoms with van der Waals surface area (Å²) in [5, 5.41) is 0. The van der Waals surface area contributed by atoms with Crippen molar-refractivity contribution in [1.29, 1.82) is 0 Å². The van der Waals surface area contributed by atoms with E-state index < -0.39 is 0 Å². The number of aryl methyl sites for hydroxylation is 1. The number of imidazole rings is 1. The van der Waals surface area contributed by atoms with Gasteiger partial charge in [0.05, 0.1) is 7.05 Å². The second-order valence-electron chi connectivity index (χ2n) is 5.46. The molecule has 0 aliphatic carbocycles. The maximum Gasteiger partial charge on any atom is 0.306 e. The molecule has 0 aliphatic heterocycles. The lowest BCUT2D eigenvalue weighted by Crippen LogP contribution is -2.32. The van der Waals surface area contributed by atoms with E-state index in [1.165, 1.54) is 32.1 Å². The molecule has 0 bridgehead atoms. The van der Waals surface area contributed by atoms with Gasteiger partial charge in [0, 0.05) is 6.42 Å². The van der Waals surface area contributed by atoms with Crippen molar-refractivity contribution in [2.45, 2.75) is 71.3 Å². The predicted molar refractivity (Wildman–Crippen MR) is 79.1 cm³/mol. The van der Waals surface area contributed by atoms with Crippen LogP contribution in [0.1, 0.15) is 77.1 Å². The lowest BCUT2D eigenvalue weighted by Gasteiger charge is -2.09. The van der Waals surface area contributed by atoms with Crippen LogP contribution < -0.4 is 4.57 Å². The molecular formula is C16H29N2O2+. The molecule has 1 atom stereocenters. The van der Waals surface area contributed by atoms with E-state index in [2.05, 4.69) is 11.9 Å². The summed E-state index contributed by atoms with van der Waals surface area (Å²) in [6.07, 6.45) is 12.6. The topological polar surface area (TPSA) is 46.0 Å². The van der Waals surface area contributed by atoms with Gasteiger partial charge < -0.3 is 4.74 Å². The number of carbonyl (C=O) groups is 1. The van der Waals surface area contributed by atoms with Crippen LogP contribution in [0.3, 0.4) is 0 Å². The van der Waals surface area contributed by atoms with Crippen LogP contribution in [0, 0.1) is 0 Å². The Balaban J connectivity index is 2.10. The van der Waals surface area contributed by atoms with E-state index in [0.29, 0.717) is 6.42 Å². The standard InChI is InChI=1S/C16H28N2O2/c1-4-5-6-7-8-9-10-11-15(19)20-14(2)16-17-12-13-18(16)3/h12-14H,4-11H2,1-3H3/p+1. The summed E-state index contributed by atoms with van der Waals surface area (Å²) in [5.74, 6) is 0.818. The number of unbranched alkanes of at least 4 members (excludes halogenated alkanes) is 6.